The Morgan fingerprint density at radius 3 is 2.76 bits per heavy atom. The van der Waals surface area contributed by atoms with E-state index in [2.05, 4.69) is 0 Å². The van der Waals surface area contributed by atoms with Crippen LogP contribution in [0.1, 0.15) is 40.0 Å². The average molecular weight is 241 g/mol. The topological polar surface area (TPSA) is 49.8 Å². The maximum absolute atomic E-state index is 12.0. The largest absolute Gasteiger partial charge is 0.444 e. The zero-order valence-electron chi connectivity index (χ0n) is 11.0. The van der Waals surface area contributed by atoms with Crippen LogP contribution in [-0.2, 0) is 4.74 Å². The van der Waals surface area contributed by atoms with Crippen molar-refractivity contribution in [3.63, 3.8) is 0 Å². The zero-order valence-corrected chi connectivity index (χ0v) is 11.0. The van der Waals surface area contributed by atoms with Crippen molar-refractivity contribution in [3.8, 4) is 0 Å². The molecule has 0 aromatic carbocycles. The summed E-state index contributed by atoms with van der Waals surface area (Å²) in [6.45, 7) is 7.23. The number of rotatable bonds is 1. The summed E-state index contributed by atoms with van der Waals surface area (Å²) in [5.74, 6) is 0.458. The zero-order chi connectivity index (χ0) is 12.7. The van der Waals surface area contributed by atoms with E-state index >= 15 is 0 Å². The predicted molar refractivity (Wildman–Crippen MR) is 64.7 cm³/mol. The van der Waals surface area contributed by atoms with Crippen LogP contribution in [0.15, 0.2) is 0 Å². The van der Waals surface area contributed by atoms with Gasteiger partial charge in [0.2, 0.25) is 0 Å². The Hall–Kier alpha value is -0.770. The van der Waals surface area contributed by atoms with E-state index in [0.29, 0.717) is 12.5 Å². The number of aliphatic hydroxyl groups excluding tert-OH is 1. The average Bonchev–Trinajstić information content (AvgIpc) is 2.70. The molecule has 1 saturated heterocycles. The summed E-state index contributed by atoms with van der Waals surface area (Å²) >= 11 is 0. The Kier molecular flexibility index (Phi) is 3.10. The van der Waals surface area contributed by atoms with Crippen LogP contribution in [0.25, 0.3) is 0 Å². The first-order chi connectivity index (χ1) is 7.86. The number of aliphatic hydroxyl groups is 1. The fraction of sp³-hybridized carbons (Fsp3) is 0.923. The Balaban J connectivity index is 2.00. The molecule has 1 heterocycles. The number of hydrogen-bond donors (Lipinski definition) is 1. The molecule has 1 N–H and O–H groups in total. The Bertz CT molecular complexity index is 310. The normalized spacial score (nSPS) is 32.7. The molecule has 0 bridgehead atoms. The van der Waals surface area contributed by atoms with Gasteiger partial charge in [-0.1, -0.05) is 6.42 Å². The minimum Gasteiger partial charge on any atom is -0.444 e. The van der Waals surface area contributed by atoms with Crippen molar-refractivity contribution in [3.05, 3.63) is 0 Å². The third-order valence-electron chi connectivity index (χ3n) is 4.01. The fourth-order valence-electron chi connectivity index (χ4n) is 3.14. The first kappa shape index (κ1) is 12.7. The molecule has 1 amide bonds. The van der Waals surface area contributed by atoms with Crippen LogP contribution in [0.5, 0.6) is 0 Å². The lowest BCUT2D eigenvalue weighted by molar-refractivity contribution is 0.0251. The molecular formula is C13H23NO3. The summed E-state index contributed by atoms with van der Waals surface area (Å²) in [6, 6.07) is 0. The molecule has 2 rings (SSSR count). The highest BCUT2D eigenvalue weighted by molar-refractivity contribution is 5.68. The maximum Gasteiger partial charge on any atom is 0.410 e. The third kappa shape index (κ3) is 2.41. The molecule has 0 aromatic heterocycles. The quantitative estimate of drug-likeness (QED) is 0.764. The summed E-state index contributed by atoms with van der Waals surface area (Å²) < 4.78 is 5.38. The molecule has 0 spiro atoms. The summed E-state index contributed by atoms with van der Waals surface area (Å²) in [5.41, 5.74) is -0.488. The van der Waals surface area contributed by atoms with Crippen molar-refractivity contribution >= 4 is 6.09 Å². The van der Waals surface area contributed by atoms with Gasteiger partial charge in [0, 0.05) is 18.5 Å². The Morgan fingerprint density at radius 1 is 1.53 bits per heavy atom. The smallest absolute Gasteiger partial charge is 0.410 e. The van der Waals surface area contributed by atoms with Gasteiger partial charge in [0.1, 0.15) is 5.60 Å². The number of likely N-dealkylation sites (tertiary alicyclic amines) is 1. The van der Waals surface area contributed by atoms with Gasteiger partial charge in [-0.3, -0.25) is 0 Å². The van der Waals surface area contributed by atoms with E-state index in [1.165, 1.54) is 6.42 Å². The number of nitrogens with zero attached hydrogens (tertiary/aromatic N) is 1. The Labute approximate surface area is 103 Å². The predicted octanol–water partition coefficient (Wildman–Crippen LogP) is 2.02. The molecule has 98 valence electrons. The van der Waals surface area contributed by atoms with Crippen LogP contribution < -0.4 is 0 Å². The van der Waals surface area contributed by atoms with Crippen LogP contribution in [-0.4, -0.2) is 41.4 Å². The second-order valence-electron chi connectivity index (χ2n) is 6.47. The van der Waals surface area contributed by atoms with Crippen LogP contribution >= 0.6 is 0 Å². The molecule has 2 aliphatic rings. The number of amides is 1. The lowest BCUT2D eigenvalue weighted by Gasteiger charge is -2.27. The van der Waals surface area contributed by atoms with Crippen molar-refractivity contribution in [2.75, 3.05) is 19.7 Å². The third-order valence-corrected chi connectivity index (χ3v) is 4.01. The molecule has 0 aromatic rings. The van der Waals surface area contributed by atoms with Gasteiger partial charge in [-0.15, -0.1) is 0 Å². The van der Waals surface area contributed by atoms with Gasteiger partial charge in [0.15, 0.2) is 0 Å². The highest BCUT2D eigenvalue weighted by atomic mass is 16.6. The second kappa shape index (κ2) is 4.16. The summed E-state index contributed by atoms with van der Waals surface area (Å²) in [5, 5.41) is 9.58. The summed E-state index contributed by atoms with van der Waals surface area (Å²) in [7, 11) is 0. The first-order valence-corrected chi connectivity index (χ1v) is 6.45. The molecule has 1 saturated carbocycles. The monoisotopic (exact) mass is 241 g/mol. The van der Waals surface area contributed by atoms with E-state index in [-0.39, 0.29) is 18.1 Å². The fourth-order valence-corrected chi connectivity index (χ4v) is 3.14. The van der Waals surface area contributed by atoms with Crippen LogP contribution in [0.2, 0.25) is 0 Å². The lowest BCUT2D eigenvalue weighted by atomic mass is 9.82. The molecular weight excluding hydrogens is 218 g/mol. The minimum absolute atomic E-state index is 0.0447. The van der Waals surface area contributed by atoms with E-state index in [1.54, 1.807) is 4.90 Å². The molecule has 1 aliphatic carbocycles. The van der Waals surface area contributed by atoms with Crippen LogP contribution in [0.4, 0.5) is 4.79 Å². The second-order valence-corrected chi connectivity index (χ2v) is 6.47. The first-order valence-electron chi connectivity index (χ1n) is 6.45. The molecule has 0 radical (unpaired) electrons. The van der Waals surface area contributed by atoms with Gasteiger partial charge in [0.25, 0.3) is 0 Å². The number of fused-ring (bicyclic) bond motifs is 1. The van der Waals surface area contributed by atoms with Crippen molar-refractivity contribution in [1.82, 2.24) is 4.90 Å². The molecule has 1 aliphatic heterocycles. The number of carbonyl (C=O) groups excluding carboxylic acids is 1. The van der Waals surface area contributed by atoms with Crippen LogP contribution in [0.3, 0.4) is 0 Å². The number of hydrogen-bond acceptors (Lipinski definition) is 3. The standard InChI is InChI=1S/C13H23NO3/c1-12(2,3)17-11(16)14-7-10-5-4-6-13(10,8-14)9-15/h10,15H,4-9H2,1-3H3/t10-,13-/m0/s1. The van der Waals surface area contributed by atoms with Crippen molar-refractivity contribution in [2.24, 2.45) is 11.3 Å². The van der Waals surface area contributed by atoms with Gasteiger partial charge in [-0.05, 0) is 39.5 Å². The van der Waals surface area contributed by atoms with E-state index in [1.807, 2.05) is 20.8 Å². The van der Waals surface area contributed by atoms with E-state index in [4.69, 9.17) is 4.74 Å². The Morgan fingerprint density at radius 2 is 2.24 bits per heavy atom. The van der Waals surface area contributed by atoms with E-state index in [9.17, 15) is 9.90 Å². The van der Waals surface area contributed by atoms with Crippen molar-refractivity contribution < 1.29 is 14.6 Å². The van der Waals surface area contributed by atoms with Crippen molar-refractivity contribution in [1.29, 1.82) is 0 Å². The van der Waals surface area contributed by atoms with Gasteiger partial charge in [-0.2, -0.15) is 0 Å². The minimum atomic E-state index is -0.443. The molecule has 17 heavy (non-hydrogen) atoms. The van der Waals surface area contributed by atoms with Gasteiger partial charge in [-0.25, -0.2) is 4.79 Å². The van der Waals surface area contributed by atoms with E-state index < -0.39 is 5.60 Å². The molecule has 0 unspecified atom stereocenters. The number of carbonyl (C=O) groups is 1. The molecule has 4 nitrogen and oxygen atoms in total. The van der Waals surface area contributed by atoms with Crippen LogP contribution in [0, 0.1) is 11.3 Å². The van der Waals surface area contributed by atoms with Crippen molar-refractivity contribution in [2.45, 2.75) is 45.6 Å². The highest BCUT2D eigenvalue weighted by Crippen LogP contribution is 2.48. The SMILES string of the molecule is CC(C)(C)OC(=O)N1C[C@@H]2CCC[C@@]2(CO)C1. The molecule has 2 atom stereocenters. The maximum atomic E-state index is 12.0. The van der Waals surface area contributed by atoms with Gasteiger partial charge in [0.05, 0.1) is 6.61 Å². The summed E-state index contributed by atoms with van der Waals surface area (Å²) in [4.78, 5) is 13.7. The molecule has 2 fully saturated rings. The number of ether oxygens (including phenoxy) is 1. The highest BCUT2D eigenvalue weighted by Gasteiger charge is 2.50. The van der Waals surface area contributed by atoms with E-state index in [0.717, 1.165) is 19.4 Å². The van der Waals surface area contributed by atoms with Gasteiger partial charge < -0.3 is 14.7 Å². The van der Waals surface area contributed by atoms with Gasteiger partial charge >= 0.3 is 6.09 Å². The molecule has 4 heteroatoms. The lowest BCUT2D eigenvalue weighted by Crippen LogP contribution is -2.37. The summed E-state index contributed by atoms with van der Waals surface area (Å²) in [6.07, 6.45) is 3.10.